The van der Waals surface area contributed by atoms with E-state index in [1.165, 1.54) is 0 Å². The predicted molar refractivity (Wildman–Crippen MR) is 41.5 cm³/mol. The summed E-state index contributed by atoms with van der Waals surface area (Å²) in [7, 11) is 0. The van der Waals surface area contributed by atoms with Crippen LogP contribution in [-0.2, 0) is 4.79 Å². The van der Waals surface area contributed by atoms with Crippen LogP contribution in [0.1, 0.15) is 26.2 Å². The van der Waals surface area contributed by atoms with Crippen LogP contribution in [0.25, 0.3) is 0 Å². The number of halogens is 1. The molecule has 1 rings (SSSR count). The van der Waals surface area contributed by atoms with Crippen LogP contribution in [0.5, 0.6) is 0 Å². The van der Waals surface area contributed by atoms with Gasteiger partial charge >= 0.3 is 0 Å². The summed E-state index contributed by atoms with van der Waals surface area (Å²) >= 11 is 0. The van der Waals surface area contributed by atoms with E-state index in [2.05, 4.69) is 5.43 Å². The van der Waals surface area contributed by atoms with Gasteiger partial charge in [-0.05, 0) is 19.3 Å². The van der Waals surface area contributed by atoms with Crippen molar-refractivity contribution in [3.05, 3.63) is 0 Å². The molecule has 10 heavy (non-hydrogen) atoms. The van der Waals surface area contributed by atoms with Gasteiger partial charge < -0.3 is 0 Å². The number of amides is 1. The van der Waals surface area contributed by atoms with Crippen molar-refractivity contribution in [1.29, 1.82) is 0 Å². The minimum Gasteiger partial charge on any atom is -0.294 e. The van der Waals surface area contributed by atoms with Crippen molar-refractivity contribution in [2.75, 3.05) is 0 Å². The van der Waals surface area contributed by atoms with E-state index < -0.39 is 0 Å². The standard InChI is InChI=1S/C6H12N2O.ClH/c1-2-6(3-4-6)5(9)8-7;/h2-4,7H2,1H3,(H,8,9);1H. The summed E-state index contributed by atoms with van der Waals surface area (Å²) in [6.07, 6.45) is 2.93. The molecule has 0 saturated heterocycles. The maximum Gasteiger partial charge on any atom is 0.240 e. The molecule has 0 aromatic rings. The molecule has 0 bridgehead atoms. The summed E-state index contributed by atoms with van der Waals surface area (Å²) in [5.41, 5.74) is 2.11. The molecule has 3 nitrogen and oxygen atoms in total. The average Bonchev–Trinajstić information content (AvgIpc) is 2.66. The Morgan fingerprint density at radius 3 is 2.30 bits per heavy atom. The van der Waals surface area contributed by atoms with Crippen LogP contribution < -0.4 is 11.3 Å². The highest BCUT2D eigenvalue weighted by molar-refractivity contribution is 5.85. The Kier molecular flexibility index (Phi) is 3.12. The van der Waals surface area contributed by atoms with Gasteiger partial charge in [-0.2, -0.15) is 0 Å². The highest BCUT2D eigenvalue weighted by atomic mass is 35.5. The van der Waals surface area contributed by atoms with E-state index in [0.29, 0.717) is 0 Å². The van der Waals surface area contributed by atoms with E-state index in [4.69, 9.17) is 5.84 Å². The van der Waals surface area contributed by atoms with Crippen molar-refractivity contribution in [3.8, 4) is 0 Å². The van der Waals surface area contributed by atoms with Gasteiger partial charge in [0.25, 0.3) is 0 Å². The maximum absolute atomic E-state index is 10.9. The van der Waals surface area contributed by atoms with Crippen LogP contribution in [0.3, 0.4) is 0 Å². The van der Waals surface area contributed by atoms with Crippen LogP contribution in [0.15, 0.2) is 0 Å². The summed E-state index contributed by atoms with van der Waals surface area (Å²) < 4.78 is 0. The molecule has 4 heteroatoms. The van der Waals surface area contributed by atoms with Crippen LogP contribution in [-0.4, -0.2) is 5.91 Å². The Hall–Kier alpha value is -0.280. The summed E-state index contributed by atoms with van der Waals surface area (Å²) in [6, 6.07) is 0. The summed E-state index contributed by atoms with van der Waals surface area (Å²) in [6.45, 7) is 2.02. The quantitative estimate of drug-likeness (QED) is 0.357. The highest BCUT2D eigenvalue weighted by Gasteiger charge is 2.47. The van der Waals surface area contributed by atoms with Gasteiger partial charge in [0.2, 0.25) is 5.91 Å². The lowest BCUT2D eigenvalue weighted by molar-refractivity contribution is -0.126. The van der Waals surface area contributed by atoms with E-state index >= 15 is 0 Å². The van der Waals surface area contributed by atoms with Crippen LogP contribution >= 0.6 is 12.4 Å². The van der Waals surface area contributed by atoms with Gasteiger partial charge in [0.05, 0.1) is 5.41 Å². The fourth-order valence-corrected chi connectivity index (χ4v) is 1.05. The fraction of sp³-hybridized carbons (Fsp3) is 0.833. The normalized spacial score (nSPS) is 19.0. The first-order valence-electron chi connectivity index (χ1n) is 3.26. The van der Waals surface area contributed by atoms with E-state index in [9.17, 15) is 4.79 Å². The molecule has 1 amide bonds. The molecule has 1 saturated carbocycles. The molecule has 3 N–H and O–H groups in total. The largest absolute Gasteiger partial charge is 0.294 e. The van der Waals surface area contributed by atoms with Gasteiger partial charge in [0.1, 0.15) is 0 Å². The summed E-state index contributed by atoms with van der Waals surface area (Å²) in [4.78, 5) is 10.9. The maximum atomic E-state index is 10.9. The lowest BCUT2D eigenvalue weighted by Gasteiger charge is -2.07. The first-order valence-corrected chi connectivity index (χ1v) is 3.26. The minimum absolute atomic E-state index is 0. The molecule has 0 heterocycles. The van der Waals surface area contributed by atoms with E-state index in [1.54, 1.807) is 0 Å². The molecule has 0 unspecified atom stereocenters. The minimum atomic E-state index is -0.0747. The van der Waals surface area contributed by atoms with Crippen molar-refractivity contribution in [2.24, 2.45) is 11.3 Å². The first kappa shape index (κ1) is 9.72. The first-order chi connectivity index (χ1) is 4.25. The van der Waals surface area contributed by atoms with Gasteiger partial charge in [0, 0.05) is 0 Å². The van der Waals surface area contributed by atoms with Crippen molar-refractivity contribution in [2.45, 2.75) is 26.2 Å². The Balaban J connectivity index is 0.000000810. The van der Waals surface area contributed by atoms with E-state index in [0.717, 1.165) is 19.3 Å². The predicted octanol–water partition coefficient (Wildman–Crippen LogP) is 0.588. The SMILES string of the molecule is CCC1(C(=O)NN)CC1.Cl. The third-order valence-electron chi connectivity index (χ3n) is 2.14. The number of nitrogens with one attached hydrogen (secondary N) is 1. The molecule has 0 aromatic carbocycles. The molecule has 1 aliphatic carbocycles. The molecule has 0 radical (unpaired) electrons. The Morgan fingerprint density at radius 2 is 2.20 bits per heavy atom. The second kappa shape index (κ2) is 3.21. The van der Waals surface area contributed by atoms with Crippen molar-refractivity contribution in [1.82, 2.24) is 5.43 Å². The average molecular weight is 165 g/mol. The zero-order chi connectivity index (χ0) is 6.91. The molecular formula is C6H13ClN2O. The van der Waals surface area contributed by atoms with Crippen LogP contribution in [0.4, 0.5) is 0 Å². The number of hydrogen-bond acceptors (Lipinski definition) is 2. The van der Waals surface area contributed by atoms with Gasteiger partial charge in [-0.3, -0.25) is 10.2 Å². The zero-order valence-electron chi connectivity index (χ0n) is 6.02. The molecule has 60 valence electrons. The van der Waals surface area contributed by atoms with E-state index in [1.807, 2.05) is 6.92 Å². The number of hydrogen-bond donors (Lipinski definition) is 2. The lowest BCUT2D eigenvalue weighted by Crippen LogP contribution is -2.36. The molecule has 1 aliphatic rings. The van der Waals surface area contributed by atoms with Crippen LogP contribution in [0, 0.1) is 5.41 Å². The molecular weight excluding hydrogens is 152 g/mol. The van der Waals surface area contributed by atoms with Gasteiger partial charge in [-0.15, -0.1) is 12.4 Å². The highest BCUT2D eigenvalue weighted by Crippen LogP contribution is 2.48. The number of carbonyl (C=O) groups excluding carboxylic acids is 1. The van der Waals surface area contributed by atoms with Crippen molar-refractivity contribution in [3.63, 3.8) is 0 Å². The van der Waals surface area contributed by atoms with E-state index in [-0.39, 0.29) is 23.7 Å². The number of hydrazine groups is 1. The number of nitrogens with two attached hydrogens (primary N) is 1. The van der Waals surface area contributed by atoms with Gasteiger partial charge in [-0.25, -0.2) is 5.84 Å². The second-order valence-electron chi connectivity index (χ2n) is 2.61. The van der Waals surface area contributed by atoms with Crippen molar-refractivity contribution >= 4 is 18.3 Å². The molecule has 0 spiro atoms. The second-order valence-corrected chi connectivity index (χ2v) is 2.61. The third-order valence-corrected chi connectivity index (χ3v) is 2.14. The lowest BCUT2D eigenvalue weighted by atomic mass is 10.0. The molecule has 0 aliphatic heterocycles. The molecule has 1 fully saturated rings. The summed E-state index contributed by atoms with van der Waals surface area (Å²) in [5.74, 6) is 4.98. The molecule has 0 aromatic heterocycles. The third kappa shape index (κ3) is 1.41. The smallest absolute Gasteiger partial charge is 0.240 e. The zero-order valence-corrected chi connectivity index (χ0v) is 6.83. The monoisotopic (exact) mass is 164 g/mol. The fourth-order valence-electron chi connectivity index (χ4n) is 1.05. The number of rotatable bonds is 2. The van der Waals surface area contributed by atoms with Gasteiger partial charge in [0.15, 0.2) is 0 Å². The number of carbonyl (C=O) groups is 1. The van der Waals surface area contributed by atoms with Gasteiger partial charge in [-0.1, -0.05) is 6.92 Å². The Labute approximate surface area is 66.7 Å². The summed E-state index contributed by atoms with van der Waals surface area (Å²) in [5, 5.41) is 0. The Bertz CT molecular complexity index is 134. The Morgan fingerprint density at radius 1 is 1.70 bits per heavy atom. The topological polar surface area (TPSA) is 55.1 Å². The molecule has 0 atom stereocenters. The van der Waals surface area contributed by atoms with Crippen molar-refractivity contribution < 1.29 is 4.79 Å². The van der Waals surface area contributed by atoms with Crippen LogP contribution in [0.2, 0.25) is 0 Å².